The molecule has 3 heteroatoms. The molecule has 1 saturated carbocycles. The van der Waals surface area contributed by atoms with Crippen LogP contribution < -0.4 is 0 Å². The summed E-state index contributed by atoms with van der Waals surface area (Å²) in [5.41, 5.74) is 0. The summed E-state index contributed by atoms with van der Waals surface area (Å²) in [6, 6.07) is 0.776. The lowest BCUT2D eigenvalue weighted by molar-refractivity contribution is -0.137. The molecule has 3 atom stereocenters. The van der Waals surface area contributed by atoms with E-state index in [1.807, 2.05) is 0 Å². The van der Waals surface area contributed by atoms with Crippen LogP contribution in [-0.4, -0.2) is 35.1 Å². The highest BCUT2D eigenvalue weighted by atomic mass is 16.4. The highest BCUT2D eigenvalue weighted by Gasteiger charge is 2.32. The predicted octanol–water partition coefficient (Wildman–Crippen LogP) is 2.75. The van der Waals surface area contributed by atoms with Crippen molar-refractivity contribution in [2.75, 3.05) is 13.1 Å². The van der Waals surface area contributed by atoms with Gasteiger partial charge in [0.15, 0.2) is 0 Å². The predicted molar refractivity (Wildman–Crippen MR) is 68.0 cm³/mol. The van der Waals surface area contributed by atoms with Crippen molar-refractivity contribution in [3.8, 4) is 0 Å². The van der Waals surface area contributed by atoms with Crippen molar-refractivity contribution in [3.63, 3.8) is 0 Å². The van der Waals surface area contributed by atoms with Gasteiger partial charge in [0, 0.05) is 19.0 Å². The molecule has 0 amide bonds. The molecule has 0 aromatic rings. The van der Waals surface area contributed by atoms with E-state index in [0.29, 0.717) is 12.3 Å². The topological polar surface area (TPSA) is 40.5 Å². The van der Waals surface area contributed by atoms with E-state index in [-0.39, 0.29) is 0 Å². The van der Waals surface area contributed by atoms with Gasteiger partial charge < -0.3 is 5.11 Å². The Morgan fingerprint density at radius 3 is 2.76 bits per heavy atom. The first-order valence-corrected chi connectivity index (χ1v) is 7.12. The summed E-state index contributed by atoms with van der Waals surface area (Å²) in [5.74, 6) is 0.816. The van der Waals surface area contributed by atoms with E-state index in [1.165, 1.54) is 38.6 Å². The molecule has 0 aromatic heterocycles. The van der Waals surface area contributed by atoms with Gasteiger partial charge in [0.2, 0.25) is 0 Å². The van der Waals surface area contributed by atoms with Crippen molar-refractivity contribution in [1.29, 1.82) is 0 Å². The standard InChI is InChI=1S/C14H25NO2/c1-11-4-2-3-5-13(11)15-9-8-12(10-15)6-7-14(16)17/h11-13H,2-10H2,1H3,(H,16,17). The minimum Gasteiger partial charge on any atom is -0.481 e. The third-order valence-corrected chi connectivity index (χ3v) is 4.62. The summed E-state index contributed by atoms with van der Waals surface area (Å²) in [5, 5.41) is 8.72. The molecule has 2 fully saturated rings. The first kappa shape index (κ1) is 12.9. The van der Waals surface area contributed by atoms with E-state index >= 15 is 0 Å². The summed E-state index contributed by atoms with van der Waals surface area (Å²) in [6.45, 7) is 4.72. The molecule has 0 radical (unpaired) electrons. The van der Waals surface area contributed by atoms with E-state index in [0.717, 1.165) is 24.9 Å². The van der Waals surface area contributed by atoms with Crippen LogP contribution in [0.2, 0.25) is 0 Å². The van der Waals surface area contributed by atoms with Crippen LogP contribution in [-0.2, 0) is 4.79 Å². The van der Waals surface area contributed by atoms with Crippen LogP contribution in [0.3, 0.4) is 0 Å². The van der Waals surface area contributed by atoms with Gasteiger partial charge in [0.25, 0.3) is 0 Å². The monoisotopic (exact) mass is 239 g/mol. The van der Waals surface area contributed by atoms with Crippen LogP contribution in [0, 0.1) is 11.8 Å². The Bertz CT molecular complexity index is 267. The van der Waals surface area contributed by atoms with Gasteiger partial charge >= 0.3 is 5.97 Å². The molecule has 1 saturated heterocycles. The van der Waals surface area contributed by atoms with Crippen LogP contribution in [0.4, 0.5) is 0 Å². The lowest BCUT2D eigenvalue weighted by Crippen LogP contribution is -2.40. The lowest BCUT2D eigenvalue weighted by atomic mass is 9.85. The molecule has 1 aliphatic carbocycles. The molecule has 1 N–H and O–H groups in total. The van der Waals surface area contributed by atoms with Crippen LogP contribution in [0.1, 0.15) is 51.9 Å². The van der Waals surface area contributed by atoms with E-state index < -0.39 is 5.97 Å². The molecule has 0 spiro atoms. The Morgan fingerprint density at radius 2 is 2.06 bits per heavy atom. The molecule has 0 aromatic carbocycles. The molecule has 1 aliphatic heterocycles. The molecule has 3 unspecified atom stereocenters. The molecule has 2 rings (SSSR count). The van der Waals surface area contributed by atoms with Gasteiger partial charge in [-0.25, -0.2) is 0 Å². The minimum atomic E-state index is -0.644. The van der Waals surface area contributed by atoms with Crippen LogP contribution in [0.25, 0.3) is 0 Å². The van der Waals surface area contributed by atoms with Crippen molar-refractivity contribution in [1.82, 2.24) is 4.90 Å². The maximum Gasteiger partial charge on any atom is 0.303 e. The zero-order chi connectivity index (χ0) is 12.3. The van der Waals surface area contributed by atoms with Gasteiger partial charge in [0.1, 0.15) is 0 Å². The minimum absolute atomic E-state index is 0.346. The van der Waals surface area contributed by atoms with Crippen molar-refractivity contribution in [2.45, 2.75) is 57.9 Å². The number of aliphatic carboxylic acids is 1. The molecule has 0 bridgehead atoms. The number of rotatable bonds is 4. The highest BCUT2D eigenvalue weighted by molar-refractivity contribution is 5.66. The largest absolute Gasteiger partial charge is 0.481 e. The van der Waals surface area contributed by atoms with Crippen molar-refractivity contribution < 1.29 is 9.90 Å². The quantitative estimate of drug-likeness (QED) is 0.820. The second kappa shape index (κ2) is 5.85. The third kappa shape index (κ3) is 3.44. The lowest BCUT2D eigenvalue weighted by Gasteiger charge is -2.36. The molecule has 98 valence electrons. The van der Waals surface area contributed by atoms with Gasteiger partial charge in [-0.3, -0.25) is 9.69 Å². The summed E-state index contributed by atoms with van der Waals surface area (Å²) < 4.78 is 0. The summed E-state index contributed by atoms with van der Waals surface area (Å²) in [6.07, 6.45) is 7.93. The zero-order valence-corrected chi connectivity index (χ0v) is 10.9. The van der Waals surface area contributed by atoms with Gasteiger partial charge in [-0.2, -0.15) is 0 Å². The van der Waals surface area contributed by atoms with Crippen molar-refractivity contribution in [2.24, 2.45) is 11.8 Å². The van der Waals surface area contributed by atoms with E-state index in [4.69, 9.17) is 5.11 Å². The number of likely N-dealkylation sites (tertiary alicyclic amines) is 1. The Morgan fingerprint density at radius 1 is 1.29 bits per heavy atom. The van der Waals surface area contributed by atoms with Crippen LogP contribution in [0.5, 0.6) is 0 Å². The summed E-state index contributed by atoms with van der Waals surface area (Å²) in [4.78, 5) is 13.2. The summed E-state index contributed by atoms with van der Waals surface area (Å²) in [7, 11) is 0. The number of nitrogens with zero attached hydrogens (tertiary/aromatic N) is 1. The Hall–Kier alpha value is -0.570. The van der Waals surface area contributed by atoms with Crippen LogP contribution >= 0.6 is 0 Å². The maximum atomic E-state index is 10.6. The average molecular weight is 239 g/mol. The fourth-order valence-electron chi connectivity index (χ4n) is 3.57. The summed E-state index contributed by atoms with van der Waals surface area (Å²) >= 11 is 0. The number of carboxylic acid groups (broad SMARTS) is 1. The molecular formula is C14H25NO2. The molecular weight excluding hydrogens is 214 g/mol. The molecule has 1 heterocycles. The molecule has 17 heavy (non-hydrogen) atoms. The van der Waals surface area contributed by atoms with Crippen molar-refractivity contribution in [3.05, 3.63) is 0 Å². The fourth-order valence-corrected chi connectivity index (χ4v) is 3.57. The fraction of sp³-hybridized carbons (Fsp3) is 0.929. The van der Waals surface area contributed by atoms with E-state index in [1.54, 1.807) is 0 Å². The van der Waals surface area contributed by atoms with Crippen LogP contribution in [0.15, 0.2) is 0 Å². The number of hydrogen-bond acceptors (Lipinski definition) is 2. The second-order valence-corrected chi connectivity index (χ2v) is 5.91. The Balaban J connectivity index is 1.78. The number of hydrogen-bond donors (Lipinski definition) is 1. The van der Waals surface area contributed by atoms with Gasteiger partial charge in [-0.05, 0) is 44.1 Å². The molecule has 3 nitrogen and oxygen atoms in total. The molecule has 2 aliphatic rings. The number of carbonyl (C=O) groups is 1. The Kier molecular flexibility index (Phi) is 4.43. The first-order valence-electron chi connectivity index (χ1n) is 7.12. The van der Waals surface area contributed by atoms with Crippen molar-refractivity contribution >= 4 is 5.97 Å². The van der Waals surface area contributed by atoms with Gasteiger partial charge in [0.05, 0.1) is 0 Å². The van der Waals surface area contributed by atoms with Gasteiger partial charge in [-0.1, -0.05) is 19.8 Å². The smallest absolute Gasteiger partial charge is 0.303 e. The second-order valence-electron chi connectivity index (χ2n) is 5.91. The normalized spacial score (nSPS) is 35.0. The Labute approximate surface area is 104 Å². The maximum absolute atomic E-state index is 10.6. The third-order valence-electron chi connectivity index (χ3n) is 4.62. The van der Waals surface area contributed by atoms with Gasteiger partial charge in [-0.15, -0.1) is 0 Å². The highest BCUT2D eigenvalue weighted by Crippen LogP contribution is 2.32. The zero-order valence-electron chi connectivity index (χ0n) is 10.9. The number of carboxylic acids is 1. The van der Waals surface area contributed by atoms with E-state index in [9.17, 15) is 4.79 Å². The first-order chi connectivity index (χ1) is 8.16. The van der Waals surface area contributed by atoms with E-state index in [2.05, 4.69) is 11.8 Å². The SMILES string of the molecule is CC1CCCCC1N1CCC(CCC(=O)O)C1. The average Bonchev–Trinajstić information content (AvgIpc) is 2.75.